The lowest BCUT2D eigenvalue weighted by molar-refractivity contribution is -0.202. The van der Waals surface area contributed by atoms with Crippen molar-refractivity contribution in [2.45, 2.75) is 45.9 Å². The Bertz CT molecular complexity index is 178. The molecule has 16 heavy (non-hydrogen) atoms. The molecule has 0 bridgehead atoms. The van der Waals surface area contributed by atoms with Crippen molar-refractivity contribution in [3.05, 3.63) is 0 Å². The fourth-order valence-corrected chi connectivity index (χ4v) is 1.03. The second kappa shape index (κ2) is 9.42. The van der Waals surface area contributed by atoms with Crippen LogP contribution in [0.4, 0.5) is 4.79 Å². The second-order valence-corrected chi connectivity index (χ2v) is 3.70. The summed E-state index contributed by atoms with van der Waals surface area (Å²) in [4.78, 5) is 12.3. The molecule has 0 aliphatic heterocycles. The van der Waals surface area contributed by atoms with E-state index in [0.29, 0.717) is 13.2 Å². The molecule has 0 radical (unpaired) electrons. The van der Waals surface area contributed by atoms with Gasteiger partial charge in [-0.05, 0) is 12.8 Å². The summed E-state index contributed by atoms with van der Waals surface area (Å²) >= 11 is 0. The van der Waals surface area contributed by atoms with Crippen LogP contribution in [0, 0.1) is 0 Å². The zero-order chi connectivity index (χ0) is 12.4. The van der Waals surface area contributed by atoms with Gasteiger partial charge < -0.3 is 15.2 Å². The molecule has 0 heterocycles. The van der Waals surface area contributed by atoms with Gasteiger partial charge in [0.05, 0.1) is 13.2 Å². The summed E-state index contributed by atoms with van der Waals surface area (Å²) in [7, 11) is 1.57. The molecule has 5 heteroatoms. The molecule has 0 unspecified atom stereocenters. The largest absolute Gasteiger partial charge is 0.351 e. The first kappa shape index (κ1) is 15.2. The third kappa shape index (κ3) is 6.63. The smallest absolute Gasteiger partial charge is 0.318 e. The molecule has 0 atom stereocenters. The predicted octanol–water partition coefficient (Wildman–Crippen LogP) is 1.91. The quantitative estimate of drug-likeness (QED) is 0.488. The molecule has 96 valence electrons. The van der Waals surface area contributed by atoms with Crippen LogP contribution in [0.5, 0.6) is 0 Å². The first-order valence-electron chi connectivity index (χ1n) is 5.88. The summed E-state index contributed by atoms with van der Waals surface area (Å²) in [6, 6.07) is -0.544. The molecule has 2 N–H and O–H groups in total. The second-order valence-electron chi connectivity index (χ2n) is 3.70. The van der Waals surface area contributed by atoms with Crippen LogP contribution in [0.15, 0.2) is 0 Å². The summed E-state index contributed by atoms with van der Waals surface area (Å²) < 4.78 is 10.9. The number of ether oxygens (including phenoxy) is 2. The highest BCUT2D eigenvalue weighted by Crippen LogP contribution is 2.04. The molecule has 0 aromatic carbocycles. The van der Waals surface area contributed by atoms with Gasteiger partial charge in [-0.15, -0.1) is 0 Å². The minimum atomic E-state index is -0.657. The van der Waals surface area contributed by atoms with E-state index in [1.165, 1.54) is 4.90 Å². The van der Waals surface area contributed by atoms with E-state index >= 15 is 0 Å². The number of rotatable bonds is 9. The fourth-order valence-electron chi connectivity index (χ4n) is 1.03. The lowest BCUT2D eigenvalue weighted by Crippen LogP contribution is -2.44. The van der Waals surface area contributed by atoms with Crippen LogP contribution >= 0.6 is 0 Å². The van der Waals surface area contributed by atoms with Crippen molar-refractivity contribution in [1.29, 1.82) is 0 Å². The van der Waals surface area contributed by atoms with E-state index in [9.17, 15) is 4.79 Å². The van der Waals surface area contributed by atoms with Gasteiger partial charge in [-0.2, -0.15) is 0 Å². The Labute approximate surface area is 97.9 Å². The lowest BCUT2D eigenvalue weighted by atomic mass is 10.4. The maximum Gasteiger partial charge on any atom is 0.318 e. The summed E-state index contributed by atoms with van der Waals surface area (Å²) in [5.74, 6) is 0. The fraction of sp³-hybridized carbons (Fsp3) is 0.909. The van der Waals surface area contributed by atoms with Crippen molar-refractivity contribution in [2.75, 3.05) is 20.3 Å². The molecule has 5 nitrogen and oxygen atoms in total. The molecule has 2 amide bonds. The molecular formula is C11H24N2O3. The zero-order valence-electron chi connectivity index (χ0n) is 10.6. The Morgan fingerprint density at radius 2 is 1.62 bits per heavy atom. The van der Waals surface area contributed by atoms with E-state index in [2.05, 4.69) is 13.8 Å². The van der Waals surface area contributed by atoms with Crippen molar-refractivity contribution >= 4 is 6.03 Å². The zero-order valence-corrected chi connectivity index (χ0v) is 10.6. The van der Waals surface area contributed by atoms with Gasteiger partial charge >= 0.3 is 6.03 Å². The molecule has 0 aliphatic rings. The lowest BCUT2D eigenvalue weighted by Gasteiger charge is -2.26. The van der Waals surface area contributed by atoms with Crippen molar-refractivity contribution in [3.63, 3.8) is 0 Å². The van der Waals surface area contributed by atoms with Gasteiger partial charge in [0.25, 0.3) is 0 Å². The first-order valence-corrected chi connectivity index (χ1v) is 5.88. The minimum Gasteiger partial charge on any atom is -0.351 e. The van der Waals surface area contributed by atoms with Crippen molar-refractivity contribution in [2.24, 2.45) is 5.73 Å². The van der Waals surface area contributed by atoms with Crippen molar-refractivity contribution < 1.29 is 14.3 Å². The maximum atomic E-state index is 11.0. The van der Waals surface area contributed by atoms with Crippen LogP contribution < -0.4 is 5.73 Å². The number of primary amides is 1. The van der Waals surface area contributed by atoms with Crippen molar-refractivity contribution in [3.8, 4) is 0 Å². The van der Waals surface area contributed by atoms with E-state index in [1.54, 1.807) is 7.05 Å². The first-order chi connectivity index (χ1) is 7.63. The Morgan fingerprint density at radius 1 is 1.19 bits per heavy atom. The van der Waals surface area contributed by atoms with Crippen LogP contribution in [0.2, 0.25) is 0 Å². The Kier molecular flexibility index (Phi) is 8.94. The molecule has 0 saturated heterocycles. The van der Waals surface area contributed by atoms with Gasteiger partial charge in [-0.1, -0.05) is 26.7 Å². The average Bonchev–Trinajstić information content (AvgIpc) is 2.26. The van der Waals surface area contributed by atoms with Gasteiger partial charge in [0.2, 0.25) is 6.41 Å². The summed E-state index contributed by atoms with van der Waals surface area (Å²) in [5, 5.41) is 0. The highest BCUT2D eigenvalue weighted by molar-refractivity contribution is 5.71. The van der Waals surface area contributed by atoms with Gasteiger partial charge in [-0.25, -0.2) is 4.79 Å². The molecule has 0 aromatic rings. The third-order valence-electron chi connectivity index (χ3n) is 2.18. The van der Waals surface area contributed by atoms with Crippen LogP contribution in [-0.4, -0.2) is 37.6 Å². The SMILES string of the molecule is CCCCOC(OCCCC)N(C)C(N)=O. The van der Waals surface area contributed by atoms with Crippen LogP contribution in [-0.2, 0) is 9.47 Å². The van der Waals surface area contributed by atoms with Gasteiger partial charge in [0.1, 0.15) is 0 Å². The van der Waals surface area contributed by atoms with Crippen LogP contribution in [0.1, 0.15) is 39.5 Å². The Hall–Kier alpha value is -0.810. The minimum absolute atomic E-state index is 0.544. The topological polar surface area (TPSA) is 64.8 Å². The molecule has 0 aromatic heterocycles. The third-order valence-corrected chi connectivity index (χ3v) is 2.18. The highest BCUT2D eigenvalue weighted by Gasteiger charge is 2.18. The highest BCUT2D eigenvalue weighted by atomic mass is 16.7. The van der Waals surface area contributed by atoms with Gasteiger partial charge in [0, 0.05) is 7.05 Å². The van der Waals surface area contributed by atoms with E-state index in [4.69, 9.17) is 15.2 Å². The number of hydrogen-bond acceptors (Lipinski definition) is 3. The molecule has 0 rings (SSSR count). The molecular weight excluding hydrogens is 208 g/mol. The molecule has 0 fully saturated rings. The van der Waals surface area contributed by atoms with Crippen LogP contribution in [0.25, 0.3) is 0 Å². The molecule has 0 aliphatic carbocycles. The summed E-state index contributed by atoms with van der Waals surface area (Å²) in [5.41, 5.74) is 5.17. The van der Waals surface area contributed by atoms with E-state index in [1.807, 2.05) is 0 Å². The van der Waals surface area contributed by atoms with Crippen molar-refractivity contribution in [1.82, 2.24) is 4.90 Å². The van der Waals surface area contributed by atoms with Crippen LogP contribution in [0.3, 0.4) is 0 Å². The van der Waals surface area contributed by atoms with E-state index in [-0.39, 0.29) is 0 Å². The summed E-state index contributed by atoms with van der Waals surface area (Å²) in [6.45, 7) is 5.30. The maximum absolute atomic E-state index is 11.0. The monoisotopic (exact) mass is 232 g/mol. The number of urea groups is 1. The number of hydrogen-bond donors (Lipinski definition) is 1. The number of carbonyl (C=O) groups excluding carboxylic acids is 1. The Morgan fingerprint density at radius 3 is 1.94 bits per heavy atom. The number of carbonyl (C=O) groups is 1. The number of nitrogens with zero attached hydrogens (tertiary/aromatic N) is 1. The summed E-state index contributed by atoms with van der Waals surface area (Å²) in [6.07, 6.45) is 3.32. The van der Waals surface area contributed by atoms with E-state index in [0.717, 1.165) is 25.7 Å². The molecule has 0 spiro atoms. The Balaban J connectivity index is 3.99. The van der Waals surface area contributed by atoms with Gasteiger partial charge in [0.15, 0.2) is 0 Å². The van der Waals surface area contributed by atoms with E-state index < -0.39 is 12.4 Å². The number of unbranched alkanes of at least 4 members (excludes halogenated alkanes) is 2. The average molecular weight is 232 g/mol. The normalized spacial score (nSPS) is 10.8. The molecule has 0 saturated carbocycles. The number of nitrogens with two attached hydrogens (primary N) is 1. The number of amides is 2. The van der Waals surface area contributed by atoms with Gasteiger partial charge in [-0.3, -0.25) is 4.90 Å². The standard InChI is InChI=1S/C11H24N2O3/c1-4-6-8-15-11(13(3)10(12)14)16-9-7-5-2/h11H,4-9H2,1-3H3,(H2,12,14). The predicted molar refractivity (Wildman–Crippen MR) is 62.9 cm³/mol.